The lowest BCUT2D eigenvalue weighted by atomic mass is 10.1. The fourth-order valence-corrected chi connectivity index (χ4v) is 2.37. The largest absolute Gasteiger partial charge is 0.377 e. The molecule has 0 radical (unpaired) electrons. The minimum absolute atomic E-state index is 0.245. The number of carbonyl (C=O) groups is 1. The van der Waals surface area contributed by atoms with E-state index in [-0.39, 0.29) is 17.9 Å². The molecular weight excluding hydrogens is 287 g/mol. The SMILES string of the molecule is O=C(Nc1ccnnc1)N1CCOC[C@@H]1c1ccc(F)cc1. The van der Waals surface area contributed by atoms with Crippen LogP contribution in [0.4, 0.5) is 14.9 Å². The maximum atomic E-state index is 13.1. The van der Waals surface area contributed by atoms with Crippen LogP contribution >= 0.6 is 0 Å². The van der Waals surface area contributed by atoms with Gasteiger partial charge in [-0.15, -0.1) is 0 Å². The van der Waals surface area contributed by atoms with Crippen molar-refractivity contribution in [3.63, 3.8) is 0 Å². The minimum atomic E-state index is -0.306. The summed E-state index contributed by atoms with van der Waals surface area (Å²) in [6.07, 6.45) is 2.98. The Morgan fingerprint density at radius 1 is 1.27 bits per heavy atom. The number of halogens is 1. The van der Waals surface area contributed by atoms with Gasteiger partial charge in [0, 0.05) is 6.54 Å². The molecule has 2 amide bonds. The van der Waals surface area contributed by atoms with Gasteiger partial charge in [-0.25, -0.2) is 9.18 Å². The lowest BCUT2D eigenvalue weighted by molar-refractivity contribution is 0.0147. The van der Waals surface area contributed by atoms with Crippen molar-refractivity contribution in [2.75, 3.05) is 25.1 Å². The molecule has 1 saturated heterocycles. The fourth-order valence-electron chi connectivity index (χ4n) is 2.37. The summed E-state index contributed by atoms with van der Waals surface area (Å²) in [7, 11) is 0. The van der Waals surface area contributed by atoms with E-state index in [2.05, 4.69) is 15.5 Å². The molecule has 1 fully saturated rings. The zero-order chi connectivity index (χ0) is 15.4. The molecule has 0 spiro atoms. The van der Waals surface area contributed by atoms with E-state index in [1.54, 1.807) is 23.1 Å². The van der Waals surface area contributed by atoms with E-state index in [1.807, 2.05) is 0 Å². The van der Waals surface area contributed by atoms with Crippen molar-refractivity contribution in [1.29, 1.82) is 0 Å². The average molecular weight is 302 g/mol. The molecular formula is C15H15FN4O2. The van der Waals surface area contributed by atoms with Crippen molar-refractivity contribution in [2.24, 2.45) is 0 Å². The highest BCUT2D eigenvalue weighted by atomic mass is 19.1. The summed E-state index contributed by atoms with van der Waals surface area (Å²) < 4.78 is 18.5. The number of benzene rings is 1. The molecule has 1 aromatic carbocycles. The zero-order valence-corrected chi connectivity index (χ0v) is 11.8. The van der Waals surface area contributed by atoms with Crippen molar-refractivity contribution in [2.45, 2.75) is 6.04 Å². The second-order valence-corrected chi connectivity index (χ2v) is 4.90. The van der Waals surface area contributed by atoms with Gasteiger partial charge in [-0.1, -0.05) is 12.1 Å². The molecule has 1 atom stereocenters. The van der Waals surface area contributed by atoms with Gasteiger partial charge in [0.25, 0.3) is 0 Å². The van der Waals surface area contributed by atoms with E-state index in [4.69, 9.17) is 4.74 Å². The molecule has 1 aromatic heterocycles. The monoisotopic (exact) mass is 302 g/mol. The molecule has 1 aliphatic rings. The molecule has 22 heavy (non-hydrogen) atoms. The lowest BCUT2D eigenvalue weighted by Crippen LogP contribution is -2.45. The van der Waals surface area contributed by atoms with Crippen molar-refractivity contribution >= 4 is 11.7 Å². The summed E-state index contributed by atoms with van der Waals surface area (Å²) in [5.74, 6) is -0.306. The third kappa shape index (κ3) is 3.20. The highest BCUT2D eigenvalue weighted by Gasteiger charge is 2.28. The Labute approximate surface area is 126 Å². The average Bonchev–Trinajstić information content (AvgIpc) is 2.56. The number of amides is 2. The van der Waals surface area contributed by atoms with Gasteiger partial charge < -0.3 is 15.0 Å². The van der Waals surface area contributed by atoms with Crippen LogP contribution in [-0.4, -0.2) is 40.9 Å². The molecule has 1 N–H and O–H groups in total. The molecule has 2 aromatic rings. The standard InChI is InChI=1S/C15H15FN4O2/c16-12-3-1-11(2-4-12)14-10-22-8-7-20(14)15(21)19-13-5-6-17-18-9-13/h1-6,9,14H,7-8,10H2,(H,17,19,21)/t14-/m1/s1. The smallest absolute Gasteiger partial charge is 0.322 e. The van der Waals surface area contributed by atoms with Gasteiger partial charge in [0.2, 0.25) is 0 Å². The van der Waals surface area contributed by atoms with Gasteiger partial charge in [-0.3, -0.25) is 0 Å². The van der Waals surface area contributed by atoms with Crippen LogP contribution in [0.2, 0.25) is 0 Å². The van der Waals surface area contributed by atoms with Crippen LogP contribution in [0, 0.1) is 5.82 Å². The maximum absolute atomic E-state index is 13.1. The molecule has 7 heteroatoms. The number of hydrogen-bond donors (Lipinski definition) is 1. The first-order valence-electron chi connectivity index (χ1n) is 6.91. The topological polar surface area (TPSA) is 67.4 Å². The second kappa shape index (κ2) is 6.48. The molecule has 3 rings (SSSR count). The molecule has 0 bridgehead atoms. The molecule has 6 nitrogen and oxygen atoms in total. The van der Waals surface area contributed by atoms with Crippen molar-refractivity contribution in [3.05, 3.63) is 54.1 Å². The quantitative estimate of drug-likeness (QED) is 0.923. The van der Waals surface area contributed by atoms with Crippen molar-refractivity contribution in [3.8, 4) is 0 Å². The van der Waals surface area contributed by atoms with Gasteiger partial charge in [0.15, 0.2) is 0 Å². The summed E-state index contributed by atoms with van der Waals surface area (Å²) in [4.78, 5) is 14.1. The van der Waals surface area contributed by atoms with Crippen LogP contribution in [0.25, 0.3) is 0 Å². The van der Waals surface area contributed by atoms with E-state index < -0.39 is 0 Å². The molecule has 1 aliphatic heterocycles. The van der Waals surface area contributed by atoms with Gasteiger partial charge >= 0.3 is 6.03 Å². The van der Waals surface area contributed by atoms with E-state index in [9.17, 15) is 9.18 Å². The lowest BCUT2D eigenvalue weighted by Gasteiger charge is -2.35. The molecule has 0 aliphatic carbocycles. The number of hydrogen-bond acceptors (Lipinski definition) is 4. The normalized spacial score (nSPS) is 18.0. The van der Waals surface area contributed by atoms with Crippen LogP contribution in [0.5, 0.6) is 0 Å². The van der Waals surface area contributed by atoms with Gasteiger partial charge in [0.05, 0.1) is 37.3 Å². The van der Waals surface area contributed by atoms with Crippen molar-refractivity contribution in [1.82, 2.24) is 15.1 Å². The Morgan fingerprint density at radius 3 is 2.82 bits per heavy atom. The number of nitrogens with one attached hydrogen (secondary N) is 1. The molecule has 0 saturated carbocycles. The predicted molar refractivity (Wildman–Crippen MR) is 77.7 cm³/mol. The number of ether oxygens (including phenoxy) is 1. The fraction of sp³-hybridized carbons (Fsp3) is 0.267. The summed E-state index contributed by atoms with van der Waals surface area (Å²) in [6, 6.07) is 7.28. The highest BCUT2D eigenvalue weighted by Crippen LogP contribution is 2.25. The number of rotatable bonds is 2. The van der Waals surface area contributed by atoms with Gasteiger partial charge in [0.1, 0.15) is 5.82 Å². The number of nitrogens with zero attached hydrogens (tertiary/aromatic N) is 3. The van der Waals surface area contributed by atoms with Crippen LogP contribution < -0.4 is 5.32 Å². The van der Waals surface area contributed by atoms with Crippen LogP contribution in [-0.2, 0) is 4.74 Å². The van der Waals surface area contributed by atoms with Crippen LogP contribution in [0.1, 0.15) is 11.6 Å². The van der Waals surface area contributed by atoms with Crippen LogP contribution in [0.15, 0.2) is 42.7 Å². The van der Waals surface area contributed by atoms with Crippen molar-refractivity contribution < 1.29 is 13.9 Å². The van der Waals surface area contributed by atoms with E-state index >= 15 is 0 Å². The molecule has 0 unspecified atom stereocenters. The first-order chi connectivity index (χ1) is 10.7. The predicted octanol–water partition coefficient (Wildman–Crippen LogP) is 2.22. The third-order valence-electron chi connectivity index (χ3n) is 3.48. The summed E-state index contributed by atoms with van der Waals surface area (Å²) in [5.41, 5.74) is 1.41. The number of anilines is 1. The number of morpholine rings is 1. The second-order valence-electron chi connectivity index (χ2n) is 4.90. The van der Waals surface area contributed by atoms with Gasteiger partial charge in [-0.05, 0) is 23.8 Å². The summed E-state index contributed by atoms with van der Waals surface area (Å²) in [5, 5.41) is 10.2. The first-order valence-corrected chi connectivity index (χ1v) is 6.91. The number of aromatic nitrogens is 2. The Kier molecular flexibility index (Phi) is 4.24. The Bertz CT molecular complexity index is 636. The third-order valence-corrected chi connectivity index (χ3v) is 3.48. The zero-order valence-electron chi connectivity index (χ0n) is 11.8. The Balaban J connectivity index is 1.77. The number of urea groups is 1. The molecule has 2 heterocycles. The summed E-state index contributed by atoms with van der Waals surface area (Å²) >= 11 is 0. The minimum Gasteiger partial charge on any atom is -0.377 e. The van der Waals surface area contributed by atoms with E-state index in [1.165, 1.54) is 24.5 Å². The van der Waals surface area contributed by atoms with E-state index in [0.29, 0.717) is 25.4 Å². The Hall–Kier alpha value is -2.54. The van der Waals surface area contributed by atoms with Gasteiger partial charge in [-0.2, -0.15) is 10.2 Å². The van der Waals surface area contributed by atoms with E-state index in [0.717, 1.165) is 5.56 Å². The highest BCUT2D eigenvalue weighted by molar-refractivity contribution is 5.89. The summed E-state index contributed by atoms with van der Waals surface area (Å²) in [6.45, 7) is 1.32. The van der Waals surface area contributed by atoms with Crippen LogP contribution in [0.3, 0.4) is 0 Å². The number of carbonyl (C=O) groups excluding carboxylic acids is 1. The first kappa shape index (κ1) is 14.4. The Morgan fingerprint density at radius 2 is 2.09 bits per heavy atom. The maximum Gasteiger partial charge on any atom is 0.322 e. The molecule has 114 valence electrons.